The van der Waals surface area contributed by atoms with Gasteiger partial charge in [0.15, 0.2) is 0 Å². The number of hydrogen-bond acceptors (Lipinski definition) is 3. The van der Waals surface area contributed by atoms with E-state index in [9.17, 15) is 0 Å². The lowest BCUT2D eigenvalue weighted by Gasteiger charge is -2.29. The minimum absolute atomic E-state index is 0.639. The van der Waals surface area contributed by atoms with Crippen LogP contribution in [-0.4, -0.2) is 24.6 Å². The minimum atomic E-state index is 0.639. The molecule has 2 aromatic carbocycles. The van der Waals surface area contributed by atoms with Crippen LogP contribution in [0.1, 0.15) is 16.7 Å². The highest BCUT2D eigenvalue weighted by atomic mass is 16.5. The van der Waals surface area contributed by atoms with Crippen LogP contribution in [0, 0.1) is 0 Å². The summed E-state index contributed by atoms with van der Waals surface area (Å²) in [6.45, 7) is 4.42. The van der Waals surface area contributed by atoms with Crippen LogP contribution in [-0.2, 0) is 19.5 Å². The Bertz CT molecular complexity index is 583. The molecule has 2 aromatic rings. The molecule has 1 aliphatic rings. The highest BCUT2D eigenvalue weighted by Gasteiger charge is 2.17. The molecular formula is C18H22N2O. The summed E-state index contributed by atoms with van der Waals surface area (Å²) in [5.74, 6) is 0.945. The summed E-state index contributed by atoms with van der Waals surface area (Å²) >= 11 is 0. The van der Waals surface area contributed by atoms with Gasteiger partial charge >= 0.3 is 0 Å². The van der Waals surface area contributed by atoms with Crippen molar-refractivity contribution in [2.75, 3.05) is 19.7 Å². The highest BCUT2D eigenvalue weighted by Crippen LogP contribution is 2.22. The molecule has 0 fully saturated rings. The predicted molar refractivity (Wildman–Crippen MR) is 85.3 cm³/mol. The summed E-state index contributed by atoms with van der Waals surface area (Å²) in [6.07, 6.45) is 1.09. The van der Waals surface area contributed by atoms with Gasteiger partial charge in [-0.05, 0) is 35.2 Å². The lowest BCUT2D eigenvalue weighted by atomic mass is 9.94. The molecule has 2 N–H and O–H groups in total. The second kappa shape index (κ2) is 6.74. The molecule has 0 aromatic heterocycles. The minimum Gasteiger partial charge on any atom is -0.492 e. The Kier molecular flexibility index (Phi) is 4.53. The van der Waals surface area contributed by atoms with Crippen molar-refractivity contribution in [2.24, 2.45) is 5.73 Å². The Morgan fingerprint density at radius 1 is 1.05 bits per heavy atom. The van der Waals surface area contributed by atoms with Crippen molar-refractivity contribution in [1.82, 2.24) is 4.90 Å². The zero-order valence-corrected chi connectivity index (χ0v) is 12.3. The van der Waals surface area contributed by atoms with Crippen LogP contribution in [0.25, 0.3) is 0 Å². The Morgan fingerprint density at radius 3 is 2.71 bits per heavy atom. The van der Waals surface area contributed by atoms with Gasteiger partial charge in [-0.3, -0.25) is 4.90 Å². The number of hydrogen-bond donors (Lipinski definition) is 1. The molecule has 3 rings (SSSR count). The molecule has 3 heteroatoms. The first kappa shape index (κ1) is 14.1. The summed E-state index contributed by atoms with van der Waals surface area (Å²) < 4.78 is 5.78. The van der Waals surface area contributed by atoms with E-state index in [1.807, 2.05) is 30.3 Å². The summed E-state index contributed by atoms with van der Waals surface area (Å²) in [6, 6.07) is 16.5. The Morgan fingerprint density at radius 2 is 1.90 bits per heavy atom. The summed E-state index contributed by atoms with van der Waals surface area (Å²) in [4.78, 5) is 2.45. The van der Waals surface area contributed by atoms with E-state index in [1.165, 1.54) is 16.7 Å². The molecule has 0 amide bonds. The summed E-state index contributed by atoms with van der Waals surface area (Å²) in [5, 5.41) is 0. The molecule has 0 radical (unpaired) electrons. The third kappa shape index (κ3) is 3.43. The van der Waals surface area contributed by atoms with Gasteiger partial charge < -0.3 is 10.5 Å². The van der Waals surface area contributed by atoms with Crippen LogP contribution in [0.5, 0.6) is 5.75 Å². The molecule has 1 aliphatic heterocycles. The lowest BCUT2D eigenvalue weighted by Crippen LogP contribution is -2.34. The Labute approximate surface area is 126 Å². The van der Waals surface area contributed by atoms with Crippen molar-refractivity contribution in [3.05, 3.63) is 65.2 Å². The molecule has 0 saturated carbocycles. The molecule has 0 aliphatic carbocycles. The van der Waals surface area contributed by atoms with Crippen LogP contribution in [0.15, 0.2) is 48.5 Å². The molecule has 0 atom stereocenters. The standard InChI is InChI=1S/C18H22N2O/c19-13-15-5-4-6-16-14-20(10-9-18(15)16)11-12-21-17-7-2-1-3-8-17/h1-8H,9-14,19H2. The van der Waals surface area contributed by atoms with Crippen LogP contribution >= 0.6 is 0 Å². The van der Waals surface area contributed by atoms with Gasteiger partial charge in [0, 0.05) is 26.2 Å². The van der Waals surface area contributed by atoms with Crippen molar-refractivity contribution in [1.29, 1.82) is 0 Å². The topological polar surface area (TPSA) is 38.5 Å². The maximum atomic E-state index is 5.82. The van der Waals surface area contributed by atoms with Gasteiger partial charge in [0.05, 0.1) is 0 Å². The van der Waals surface area contributed by atoms with E-state index in [0.717, 1.165) is 38.4 Å². The maximum absolute atomic E-state index is 5.82. The molecule has 1 heterocycles. The monoisotopic (exact) mass is 282 g/mol. The number of nitrogens with two attached hydrogens (primary N) is 1. The van der Waals surface area contributed by atoms with E-state index in [0.29, 0.717) is 6.54 Å². The van der Waals surface area contributed by atoms with Gasteiger partial charge in [0.1, 0.15) is 12.4 Å². The van der Waals surface area contributed by atoms with Crippen molar-refractivity contribution in [3.8, 4) is 5.75 Å². The largest absolute Gasteiger partial charge is 0.492 e. The Balaban J connectivity index is 1.55. The zero-order chi connectivity index (χ0) is 14.5. The van der Waals surface area contributed by atoms with Gasteiger partial charge in [0.25, 0.3) is 0 Å². The second-order valence-electron chi connectivity index (χ2n) is 5.45. The molecule has 0 bridgehead atoms. The SMILES string of the molecule is NCc1cccc2c1CCN(CCOc1ccccc1)C2. The van der Waals surface area contributed by atoms with Crippen molar-refractivity contribution in [3.63, 3.8) is 0 Å². The van der Waals surface area contributed by atoms with E-state index in [-0.39, 0.29) is 0 Å². The number of para-hydroxylation sites is 1. The average molecular weight is 282 g/mol. The maximum Gasteiger partial charge on any atom is 0.119 e. The summed E-state index contributed by atoms with van der Waals surface area (Å²) in [7, 11) is 0. The van der Waals surface area contributed by atoms with Gasteiger partial charge in [0.2, 0.25) is 0 Å². The van der Waals surface area contributed by atoms with Crippen molar-refractivity contribution >= 4 is 0 Å². The molecule has 110 valence electrons. The Hall–Kier alpha value is -1.84. The number of ether oxygens (including phenoxy) is 1. The second-order valence-corrected chi connectivity index (χ2v) is 5.45. The van der Waals surface area contributed by atoms with E-state index in [1.54, 1.807) is 0 Å². The van der Waals surface area contributed by atoms with Gasteiger partial charge in [-0.25, -0.2) is 0 Å². The van der Waals surface area contributed by atoms with E-state index in [2.05, 4.69) is 23.1 Å². The number of fused-ring (bicyclic) bond motifs is 1. The smallest absolute Gasteiger partial charge is 0.119 e. The number of nitrogens with zero attached hydrogens (tertiary/aromatic N) is 1. The fourth-order valence-corrected chi connectivity index (χ4v) is 2.94. The fourth-order valence-electron chi connectivity index (χ4n) is 2.94. The molecule has 3 nitrogen and oxygen atoms in total. The zero-order valence-electron chi connectivity index (χ0n) is 12.3. The average Bonchev–Trinajstić information content (AvgIpc) is 2.55. The normalized spacial score (nSPS) is 14.7. The molecule has 0 unspecified atom stereocenters. The van der Waals surface area contributed by atoms with Crippen LogP contribution in [0.3, 0.4) is 0 Å². The lowest BCUT2D eigenvalue weighted by molar-refractivity contribution is 0.196. The van der Waals surface area contributed by atoms with Gasteiger partial charge in [-0.2, -0.15) is 0 Å². The van der Waals surface area contributed by atoms with E-state index in [4.69, 9.17) is 10.5 Å². The molecule has 0 saturated heterocycles. The predicted octanol–water partition coefficient (Wildman–Crippen LogP) is 2.58. The van der Waals surface area contributed by atoms with Gasteiger partial charge in [-0.15, -0.1) is 0 Å². The quantitative estimate of drug-likeness (QED) is 0.916. The third-order valence-corrected chi connectivity index (χ3v) is 4.08. The molecule has 21 heavy (non-hydrogen) atoms. The van der Waals surface area contributed by atoms with Gasteiger partial charge in [-0.1, -0.05) is 36.4 Å². The summed E-state index contributed by atoms with van der Waals surface area (Å²) in [5.41, 5.74) is 10.00. The number of rotatable bonds is 5. The first-order valence-corrected chi connectivity index (χ1v) is 7.57. The molecule has 0 spiro atoms. The van der Waals surface area contributed by atoms with Crippen molar-refractivity contribution in [2.45, 2.75) is 19.5 Å². The third-order valence-electron chi connectivity index (χ3n) is 4.08. The van der Waals surface area contributed by atoms with E-state index < -0.39 is 0 Å². The number of benzene rings is 2. The molecular weight excluding hydrogens is 260 g/mol. The fraction of sp³-hybridized carbons (Fsp3) is 0.333. The first-order chi connectivity index (χ1) is 10.4. The van der Waals surface area contributed by atoms with Crippen LogP contribution in [0.2, 0.25) is 0 Å². The van der Waals surface area contributed by atoms with Crippen molar-refractivity contribution < 1.29 is 4.74 Å². The highest BCUT2D eigenvalue weighted by molar-refractivity contribution is 5.37. The first-order valence-electron chi connectivity index (χ1n) is 7.57. The van der Waals surface area contributed by atoms with Crippen LogP contribution < -0.4 is 10.5 Å². The van der Waals surface area contributed by atoms with Crippen LogP contribution in [0.4, 0.5) is 0 Å². The van der Waals surface area contributed by atoms with E-state index >= 15 is 0 Å².